The molecule has 2 atom stereocenters. The second-order valence-corrected chi connectivity index (χ2v) is 5.85. The van der Waals surface area contributed by atoms with E-state index in [9.17, 15) is 35.9 Å². The SMILES string of the molecule is O=C(O)[C@@H]1CN(C(=O)NCc2cccc(C(F)(F)F)c2)C[C@H]1C(F)(F)F. The number of benzene rings is 1. The number of carboxylic acids is 1. The second kappa shape index (κ2) is 7.04. The van der Waals surface area contributed by atoms with Crippen LogP contribution in [-0.2, 0) is 17.5 Å². The third kappa shape index (κ3) is 4.58. The monoisotopic (exact) mass is 384 g/mol. The molecule has 26 heavy (non-hydrogen) atoms. The Morgan fingerprint density at radius 3 is 2.31 bits per heavy atom. The van der Waals surface area contributed by atoms with Gasteiger partial charge in [0.2, 0.25) is 0 Å². The van der Waals surface area contributed by atoms with Crippen LogP contribution in [-0.4, -0.2) is 41.3 Å². The summed E-state index contributed by atoms with van der Waals surface area (Å²) in [6.07, 6.45) is -9.34. The van der Waals surface area contributed by atoms with Gasteiger partial charge in [-0.3, -0.25) is 4.79 Å². The molecule has 0 unspecified atom stereocenters. The van der Waals surface area contributed by atoms with E-state index in [1.165, 1.54) is 6.07 Å². The maximum absolute atomic E-state index is 12.9. The number of hydrogen-bond donors (Lipinski definition) is 2. The molecule has 1 aromatic rings. The van der Waals surface area contributed by atoms with Crippen LogP contribution in [0.1, 0.15) is 11.1 Å². The van der Waals surface area contributed by atoms with E-state index in [4.69, 9.17) is 5.11 Å². The van der Waals surface area contributed by atoms with Crippen LogP contribution in [0.3, 0.4) is 0 Å². The zero-order chi connectivity index (χ0) is 19.7. The van der Waals surface area contributed by atoms with Crippen molar-refractivity contribution < 1.29 is 41.0 Å². The smallest absolute Gasteiger partial charge is 0.416 e. The van der Waals surface area contributed by atoms with Gasteiger partial charge in [-0.15, -0.1) is 0 Å². The first kappa shape index (κ1) is 19.9. The number of rotatable bonds is 3. The van der Waals surface area contributed by atoms with Crippen molar-refractivity contribution >= 4 is 12.0 Å². The molecule has 2 N–H and O–H groups in total. The van der Waals surface area contributed by atoms with Crippen LogP contribution in [0.15, 0.2) is 24.3 Å². The molecule has 0 saturated carbocycles. The summed E-state index contributed by atoms with van der Waals surface area (Å²) in [4.78, 5) is 23.6. The summed E-state index contributed by atoms with van der Waals surface area (Å²) in [5, 5.41) is 11.1. The lowest BCUT2D eigenvalue weighted by molar-refractivity contribution is -0.187. The van der Waals surface area contributed by atoms with Gasteiger partial charge < -0.3 is 15.3 Å². The summed E-state index contributed by atoms with van der Waals surface area (Å²) >= 11 is 0. The molecule has 2 amide bonds. The number of aliphatic carboxylic acids is 1. The Hall–Kier alpha value is -2.46. The lowest BCUT2D eigenvalue weighted by atomic mass is 9.96. The van der Waals surface area contributed by atoms with Gasteiger partial charge in [-0.1, -0.05) is 12.1 Å². The Morgan fingerprint density at radius 1 is 1.15 bits per heavy atom. The number of urea groups is 1. The molecule has 1 heterocycles. The van der Waals surface area contributed by atoms with Crippen molar-refractivity contribution in [3.05, 3.63) is 35.4 Å². The number of carbonyl (C=O) groups is 2. The Bertz CT molecular complexity index is 689. The number of hydrogen-bond acceptors (Lipinski definition) is 2. The zero-order valence-electron chi connectivity index (χ0n) is 13.1. The predicted molar refractivity (Wildman–Crippen MR) is 75.9 cm³/mol. The molecule has 144 valence electrons. The van der Waals surface area contributed by atoms with Crippen LogP contribution in [0, 0.1) is 11.8 Å². The first-order valence-electron chi connectivity index (χ1n) is 7.38. The lowest BCUT2D eigenvalue weighted by Gasteiger charge is -2.19. The molecule has 1 fully saturated rings. The van der Waals surface area contributed by atoms with Crippen molar-refractivity contribution in [1.82, 2.24) is 10.2 Å². The number of carbonyl (C=O) groups excluding carboxylic acids is 1. The average Bonchev–Trinajstić information content (AvgIpc) is 2.98. The highest BCUT2D eigenvalue weighted by atomic mass is 19.4. The quantitative estimate of drug-likeness (QED) is 0.787. The van der Waals surface area contributed by atoms with Gasteiger partial charge in [-0.2, -0.15) is 26.3 Å². The van der Waals surface area contributed by atoms with E-state index in [2.05, 4.69) is 5.32 Å². The van der Waals surface area contributed by atoms with Gasteiger partial charge >= 0.3 is 24.4 Å². The van der Waals surface area contributed by atoms with E-state index in [0.717, 1.165) is 18.2 Å². The number of amides is 2. The second-order valence-electron chi connectivity index (χ2n) is 5.85. The average molecular weight is 384 g/mol. The number of nitrogens with zero attached hydrogens (tertiary/aromatic N) is 1. The molecular weight excluding hydrogens is 370 g/mol. The Kier molecular flexibility index (Phi) is 5.38. The standard InChI is InChI=1S/C15H14F6N2O3/c16-14(17,18)9-3-1-2-8(4-9)5-22-13(26)23-6-10(12(24)25)11(7-23)15(19,20)21/h1-4,10-11H,5-7H2,(H,22,26)(H,24,25)/t10-,11-/m1/s1. The fourth-order valence-corrected chi connectivity index (χ4v) is 2.70. The van der Waals surface area contributed by atoms with Crippen molar-refractivity contribution in [3.8, 4) is 0 Å². The van der Waals surface area contributed by atoms with Crippen LogP contribution >= 0.6 is 0 Å². The van der Waals surface area contributed by atoms with Crippen molar-refractivity contribution in [2.24, 2.45) is 11.8 Å². The van der Waals surface area contributed by atoms with Crippen molar-refractivity contribution in [3.63, 3.8) is 0 Å². The molecule has 2 rings (SSSR count). The molecule has 0 aromatic heterocycles. The van der Waals surface area contributed by atoms with Crippen molar-refractivity contribution in [2.75, 3.05) is 13.1 Å². The minimum absolute atomic E-state index is 0.106. The number of halogens is 6. The minimum atomic E-state index is -4.78. The summed E-state index contributed by atoms with van der Waals surface area (Å²) in [5.41, 5.74) is -0.817. The molecule has 0 bridgehead atoms. The van der Waals surface area contributed by atoms with Gasteiger partial charge in [0.15, 0.2) is 0 Å². The van der Waals surface area contributed by atoms with E-state index in [1.807, 2.05) is 0 Å². The highest BCUT2D eigenvalue weighted by Gasteiger charge is 2.53. The first-order chi connectivity index (χ1) is 11.9. The Balaban J connectivity index is 2.02. The normalized spacial score (nSPS) is 20.9. The molecule has 1 aliphatic heterocycles. The third-order valence-electron chi connectivity index (χ3n) is 4.04. The Morgan fingerprint density at radius 2 is 1.81 bits per heavy atom. The van der Waals surface area contributed by atoms with E-state index in [1.54, 1.807) is 0 Å². The van der Waals surface area contributed by atoms with E-state index >= 15 is 0 Å². The van der Waals surface area contributed by atoms with Gasteiger partial charge in [-0.25, -0.2) is 4.79 Å². The van der Waals surface area contributed by atoms with Gasteiger partial charge in [0.05, 0.1) is 17.4 Å². The minimum Gasteiger partial charge on any atom is -0.481 e. The van der Waals surface area contributed by atoms with Crippen LogP contribution in [0.5, 0.6) is 0 Å². The molecular formula is C15H14F6N2O3. The number of nitrogens with one attached hydrogen (secondary N) is 1. The summed E-state index contributed by atoms with van der Waals surface area (Å²) in [7, 11) is 0. The van der Waals surface area contributed by atoms with E-state index in [-0.39, 0.29) is 12.1 Å². The van der Waals surface area contributed by atoms with Gasteiger partial charge in [0, 0.05) is 19.6 Å². The fourth-order valence-electron chi connectivity index (χ4n) is 2.70. The number of likely N-dealkylation sites (tertiary alicyclic amines) is 1. The summed E-state index contributed by atoms with van der Waals surface area (Å²) in [6, 6.07) is 3.14. The van der Waals surface area contributed by atoms with Crippen LogP contribution < -0.4 is 5.32 Å². The highest BCUT2D eigenvalue weighted by molar-refractivity contribution is 5.77. The lowest BCUT2D eigenvalue weighted by Crippen LogP contribution is -2.39. The van der Waals surface area contributed by atoms with E-state index < -0.39 is 54.8 Å². The van der Waals surface area contributed by atoms with E-state index in [0.29, 0.717) is 4.90 Å². The molecule has 1 aliphatic rings. The molecule has 1 aromatic carbocycles. The van der Waals surface area contributed by atoms with Crippen molar-refractivity contribution in [2.45, 2.75) is 18.9 Å². The van der Waals surface area contributed by atoms with Crippen molar-refractivity contribution in [1.29, 1.82) is 0 Å². The number of alkyl halides is 6. The zero-order valence-corrected chi connectivity index (χ0v) is 13.1. The molecule has 0 aliphatic carbocycles. The topological polar surface area (TPSA) is 69.6 Å². The van der Waals surface area contributed by atoms with Crippen LogP contribution in [0.4, 0.5) is 31.1 Å². The summed E-state index contributed by atoms with van der Waals surface area (Å²) in [5.74, 6) is -5.64. The van der Waals surface area contributed by atoms with Gasteiger partial charge in [0.1, 0.15) is 0 Å². The molecule has 5 nitrogen and oxygen atoms in total. The fraction of sp³-hybridized carbons (Fsp3) is 0.467. The number of carboxylic acid groups (broad SMARTS) is 1. The summed E-state index contributed by atoms with van der Waals surface area (Å²) in [6.45, 7) is -1.80. The predicted octanol–water partition coefficient (Wildman–Crippen LogP) is 3.11. The van der Waals surface area contributed by atoms with Crippen LogP contribution in [0.25, 0.3) is 0 Å². The molecule has 0 spiro atoms. The third-order valence-corrected chi connectivity index (χ3v) is 4.04. The largest absolute Gasteiger partial charge is 0.481 e. The Labute approximate surface area is 143 Å². The van der Waals surface area contributed by atoms with Gasteiger partial charge in [-0.05, 0) is 17.7 Å². The van der Waals surface area contributed by atoms with Gasteiger partial charge in [0.25, 0.3) is 0 Å². The molecule has 0 radical (unpaired) electrons. The van der Waals surface area contributed by atoms with Crippen LogP contribution in [0.2, 0.25) is 0 Å². The highest BCUT2D eigenvalue weighted by Crippen LogP contribution is 2.37. The summed E-state index contributed by atoms with van der Waals surface area (Å²) < 4.78 is 76.5. The maximum Gasteiger partial charge on any atom is 0.416 e. The molecule has 11 heteroatoms. The maximum atomic E-state index is 12.9. The first-order valence-corrected chi connectivity index (χ1v) is 7.38. The molecule has 1 saturated heterocycles.